The Labute approximate surface area is 127 Å². The van der Waals surface area contributed by atoms with Crippen LogP contribution in [-0.4, -0.2) is 40.0 Å². The Kier molecular flexibility index (Phi) is 4.13. The molecule has 22 heavy (non-hydrogen) atoms. The summed E-state index contributed by atoms with van der Waals surface area (Å²) in [6.45, 7) is 1.61. The van der Waals surface area contributed by atoms with E-state index in [4.69, 9.17) is 0 Å². The van der Waals surface area contributed by atoms with Crippen LogP contribution in [0, 0.1) is 0 Å². The summed E-state index contributed by atoms with van der Waals surface area (Å²) in [4.78, 5) is 36.2. The van der Waals surface area contributed by atoms with Crippen LogP contribution in [0.3, 0.4) is 0 Å². The van der Waals surface area contributed by atoms with Crippen molar-refractivity contribution in [2.24, 2.45) is 0 Å². The van der Waals surface area contributed by atoms with Crippen LogP contribution in [0.5, 0.6) is 0 Å². The summed E-state index contributed by atoms with van der Waals surface area (Å²) in [5.74, 6) is 0.568. The van der Waals surface area contributed by atoms with Crippen molar-refractivity contribution in [2.45, 2.75) is 18.9 Å². The molecule has 2 aromatic rings. The van der Waals surface area contributed by atoms with Gasteiger partial charge >= 0.3 is 0 Å². The number of piperidine rings is 1. The summed E-state index contributed by atoms with van der Waals surface area (Å²) in [7, 11) is 0. The maximum atomic E-state index is 12.1. The minimum Gasteiger partial charge on any atom is -0.349 e. The fourth-order valence-electron chi connectivity index (χ4n) is 2.50. The Morgan fingerprint density at radius 1 is 1.23 bits per heavy atom. The van der Waals surface area contributed by atoms with Crippen molar-refractivity contribution in [3.8, 4) is 0 Å². The van der Waals surface area contributed by atoms with Crippen LogP contribution < -0.4 is 15.8 Å². The second kappa shape index (κ2) is 6.38. The summed E-state index contributed by atoms with van der Waals surface area (Å²) in [6, 6.07) is 4.80. The normalized spacial score (nSPS) is 15.5. The lowest BCUT2D eigenvalue weighted by atomic mass is 10.0. The minimum absolute atomic E-state index is 0.124. The highest BCUT2D eigenvalue weighted by Gasteiger charge is 2.22. The van der Waals surface area contributed by atoms with Gasteiger partial charge in [0.1, 0.15) is 0 Å². The van der Waals surface area contributed by atoms with Crippen molar-refractivity contribution < 1.29 is 4.79 Å². The van der Waals surface area contributed by atoms with E-state index < -0.39 is 0 Å². The first-order valence-electron chi connectivity index (χ1n) is 7.24. The summed E-state index contributed by atoms with van der Waals surface area (Å²) < 4.78 is 0. The van der Waals surface area contributed by atoms with E-state index in [9.17, 15) is 9.59 Å². The average molecular weight is 299 g/mol. The van der Waals surface area contributed by atoms with Crippen LogP contribution in [0.4, 0.5) is 5.95 Å². The molecule has 3 heterocycles. The first-order valence-corrected chi connectivity index (χ1v) is 7.24. The van der Waals surface area contributed by atoms with Gasteiger partial charge in [0.15, 0.2) is 0 Å². The van der Waals surface area contributed by atoms with Crippen molar-refractivity contribution in [3.63, 3.8) is 0 Å². The van der Waals surface area contributed by atoms with Crippen molar-refractivity contribution in [1.29, 1.82) is 0 Å². The SMILES string of the molecule is O=C(NC1CCN(c2ncccn2)CC1)c1ccc(=O)[nH]c1. The van der Waals surface area contributed by atoms with Gasteiger partial charge in [0.25, 0.3) is 5.91 Å². The maximum Gasteiger partial charge on any atom is 0.252 e. The number of amides is 1. The first kappa shape index (κ1) is 14.2. The molecular formula is C15H17N5O2. The second-order valence-electron chi connectivity index (χ2n) is 5.23. The minimum atomic E-state index is -0.215. The van der Waals surface area contributed by atoms with E-state index in [-0.39, 0.29) is 17.5 Å². The van der Waals surface area contributed by atoms with Crippen molar-refractivity contribution in [3.05, 3.63) is 52.7 Å². The van der Waals surface area contributed by atoms with Crippen LogP contribution >= 0.6 is 0 Å². The number of anilines is 1. The molecule has 0 radical (unpaired) electrons. The van der Waals surface area contributed by atoms with Gasteiger partial charge in [-0.1, -0.05) is 0 Å². The van der Waals surface area contributed by atoms with Gasteiger partial charge in [-0.3, -0.25) is 9.59 Å². The topological polar surface area (TPSA) is 91.0 Å². The lowest BCUT2D eigenvalue weighted by Crippen LogP contribution is -2.45. The number of H-pyrrole nitrogens is 1. The number of aromatic nitrogens is 3. The number of carbonyl (C=O) groups excluding carboxylic acids is 1. The molecule has 1 saturated heterocycles. The zero-order chi connectivity index (χ0) is 15.4. The zero-order valence-corrected chi connectivity index (χ0v) is 12.0. The van der Waals surface area contributed by atoms with E-state index >= 15 is 0 Å². The van der Waals surface area contributed by atoms with E-state index in [1.807, 2.05) is 0 Å². The molecule has 1 aliphatic heterocycles. The Morgan fingerprint density at radius 3 is 2.59 bits per heavy atom. The highest BCUT2D eigenvalue weighted by atomic mass is 16.2. The number of hydrogen-bond acceptors (Lipinski definition) is 5. The Bertz CT molecular complexity index is 672. The number of rotatable bonds is 3. The van der Waals surface area contributed by atoms with Gasteiger partial charge in [-0.25, -0.2) is 9.97 Å². The molecule has 2 aromatic heterocycles. The van der Waals surface area contributed by atoms with E-state index in [0.717, 1.165) is 31.9 Å². The standard InChI is InChI=1S/C15H17N5O2/c21-13-3-2-11(10-18-13)14(22)19-12-4-8-20(9-5-12)15-16-6-1-7-17-15/h1-3,6-7,10,12H,4-5,8-9H2,(H,18,21)(H,19,22). The molecule has 0 atom stereocenters. The number of carbonyl (C=O) groups is 1. The van der Waals surface area contributed by atoms with Crippen LogP contribution in [-0.2, 0) is 0 Å². The van der Waals surface area contributed by atoms with Crippen LogP contribution in [0.25, 0.3) is 0 Å². The molecule has 0 bridgehead atoms. The molecule has 0 saturated carbocycles. The Hall–Kier alpha value is -2.70. The molecule has 2 N–H and O–H groups in total. The quantitative estimate of drug-likeness (QED) is 0.864. The molecule has 0 spiro atoms. The fourth-order valence-corrected chi connectivity index (χ4v) is 2.50. The second-order valence-corrected chi connectivity index (χ2v) is 5.23. The molecule has 0 unspecified atom stereocenters. The molecule has 7 heteroatoms. The predicted octanol–water partition coefficient (Wildman–Crippen LogP) is 0.564. The highest BCUT2D eigenvalue weighted by Crippen LogP contribution is 2.15. The molecule has 1 amide bonds. The van der Waals surface area contributed by atoms with Crippen molar-refractivity contribution >= 4 is 11.9 Å². The van der Waals surface area contributed by atoms with Crippen LogP contribution in [0.2, 0.25) is 0 Å². The van der Waals surface area contributed by atoms with Gasteiger partial charge in [-0.05, 0) is 25.0 Å². The lowest BCUT2D eigenvalue weighted by molar-refractivity contribution is 0.0930. The van der Waals surface area contributed by atoms with Gasteiger partial charge in [-0.15, -0.1) is 0 Å². The molecule has 0 aromatic carbocycles. The van der Waals surface area contributed by atoms with E-state index in [0.29, 0.717) is 5.56 Å². The number of nitrogens with one attached hydrogen (secondary N) is 2. The van der Waals surface area contributed by atoms with E-state index in [2.05, 4.69) is 25.2 Å². The summed E-state index contributed by atoms with van der Waals surface area (Å²) >= 11 is 0. The van der Waals surface area contributed by atoms with Gasteiger partial charge in [0, 0.05) is 43.8 Å². The Morgan fingerprint density at radius 2 is 1.95 bits per heavy atom. The third-order valence-electron chi connectivity index (χ3n) is 3.71. The van der Waals surface area contributed by atoms with Crippen molar-refractivity contribution in [1.82, 2.24) is 20.3 Å². The zero-order valence-electron chi connectivity index (χ0n) is 12.0. The van der Waals surface area contributed by atoms with Gasteiger partial charge < -0.3 is 15.2 Å². The monoisotopic (exact) mass is 299 g/mol. The molecule has 7 nitrogen and oxygen atoms in total. The summed E-state index contributed by atoms with van der Waals surface area (Å²) in [6.07, 6.45) is 6.57. The van der Waals surface area contributed by atoms with Crippen LogP contribution in [0.1, 0.15) is 23.2 Å². The largest absolute Gasteiger partial charge is 0.349 e. The number of pyridine rings is 1. The van der Waals surface area contributed by atoms with Gasteiger partial charge in [0.2, 0.25) is 11.5 Å². The summed E-state index contributed by atoms with van der Waals surface area (Å²) in [5.41, 5.74) is 0.251. The molecule has 3 rings (SSSR count). The van der Waals surface area contributed by atoms with Gasteiger partial charge in [0.05, 0.1) is 5.56 Å². The average Bonchev–Trinajstić information content (AvgIpc) is 2.57. The first-order chi connectivity index (χ1) is 10.7. The van der Waals surface area contributed by atoms with Crippen molar-refractivity contribution in [2.75, 3.05) is 18.0 Å². The number of hydrogen-bond donors (Lipinski definition) is 2. The van der Waals surface area contributed by atoms with E-state index in [1.54, 1.807) is 18.5 Å². The molecule has 0 aliphatic carbocycles. The maximum absolute atomic E-state index is 12.1. The van der Waals surface area contributed by atoms with Crippen LogP contribution in [0.15, 0.2) is 41.6 Å². The molecule has 1 aliphatic rings. The highest BCUT2D eigenvalue weighted by molar-refractivity contribution is 5.94. The van der Waals surface area contributed by atoms with Gasteiger partial charge in [-0.2, -0.15) is 0 Å². The predicted molar refractivity (Wildman–Crippen MR) is 81.8 cm³/mol. The third kappa shape index (κ3) is 3.30. The molecule has 114 valence electrons. The molecular weight excluding hydrogens is 282 g/mol. The van der Waals surface area contributed by atoms with E-state index in [1.165, 1.54) is 18.3 Å². The summed E-state index contributed by atoms with van der Waals surface area (Å²) in [5, 5.41) is 3.00. The fraction of sp³-hybridized carbons (Fsp3) is 0.333. The third-order valence-corrected chi connectivity index (χ3v) is 3.71. The number of nitrogens with zero attached hydrogens (tertiary/aromatic N) is 3. The smallest absolute Gasteiger partial charge is 0.252 e. The number of aromatic amines is 1. The Balaban J connectivity index is 1.54. The molecule has 1 fully saturated rings. The lowest BCUT2D eigenvalue weighted by Gasteiger charge is -2.32.